The summed E-state index contributed by atoms with van der Waals surface area (Å²) in [4.78, 5) is 0. The van der Waals surface area contributed by atoms with E-state index < -0.39 is 0 Å². The fourth-order valence-electron chi connectivity index (χ4n) is 0. The van der Waals surface area contributed by atoms with E-state index in [9.17, 15) is 0 Å². The van der Waals surface area contributed by atoms with Crippen molar-refractivity contribution < 1.29 is 47.6 Å². The van der Waals surface area contributed by atoms with Gasteiger partial charge in [-0.2, -0.15) is 0 Å². The normalized spacial score (nSPS) is 0. The quantitative estimate of drug-likeness (QED) is 0.536. The molecule has 4 heavy (non-hydrogen) atoms. The first-order valence-electron chi connectivity index (χ1n) is 0. The van der Waals surface area contributed by atoms with Crippen LogP contribution in [0.1, 0.15) is 0 Å². The first-order valence-corrected chi connectivity index (χ1v) is 0. The van der Waals surface area contributed by atoms with Gasteiger partial charge >= 0.3 is 23.1 Å². The van der Waals surface area contributed by atoms with E-state index in [0.717, 1.165) is 0 Å². The Bertz CT molecular complexity index is 8.00. The van der Waals surface area contributed by atoms with Gasteiger partial charge in [0, 0.05) is 42.1 Å². The Labute approximate surface area is 69.9 Å². The van der Waals surface area contributed by atoms with E-state index in [1.165, 1.54) is 0 Å². The molecule has 0 fully saturated rings. The van der Waals surface area contributed by atoms with Crippen LogP contribution in [0.3, 0.4) is 0 Å². The monoisotopic (exact) mass is 324 g/mol. The Kier molecular flexibility index (Phi) is 175. The second-order valence-electron chi connectivity index (χ2n) is 0. The molecule has 0 atom stereocenters. The molecule has 4 heteroatoms. The standard InChI is InChI=1S/Mg.Mo.H2O.W.H/h;;1H2;;/q+1;;;;/p-1. The molecular weight excluding hydrogens is 320 g/mol. The number of rotatable bonds is 0. The van der Waals surface area contributed by atoms with Crippen molar-refractivity contribution in [2.75, 3.05) is 0 Å². The summed E-state index contributed by atoms with van der Waals surface area (Å²) in [5.74, 6) is 0. The van der Waals surface area contributed by atoms with Gasteiger partial charge in [-0.25, -0.2) is 0 Å². The predicted molar refractivity (Wildman–Crippen MR) is 9.08 cm³/mol. The molecule has 0 bridgehead atoms. The van der Waals surface area contributed by atoms with Crippen molar-refractivity contribution in [2.45, 2.75) is 0 Å². The van der Waals surface area contributed by atoms with Crippen molar-refractivity contribution in [1.29, 1.82) is 0 Å². The molecule has 0 aliphatic rings. The first-order chi connectivity index (χ1) is 0. The molecule has 0 unspecified atom stereocenters. The Morgan fingerprint density at radius 1 is 1.00 bits per heavy atom. The van der Waals surface area contributed by atoms with Crippen molar-refractivity contribution in [3.63, 3.8) is 0 Å². The molecule has 0 aromatic carbocycles. The van der Waals surface area contributed by atoms with E-state index in [2.05, 4.69) is 0 Å². The van der Waals surface area contributed by atoms with Gasteiger partial charge in [0.15, 0.2) is 0 Å². The van der Waals surface area contributed by atoms with Crippen LogP contribution in [0.5, 0.6) is 0 Å². The van der Waals surface area contributed by atoms with Gasteiger partial charge in [-0.05, 0) is 0 Å². The van der Waals surface area contributed by atoms with Gasteiger partial charge < -0.3 is 5.48 Å². The Balaban J connectivity index is 0. The third kappa shape index (κ3) is 8.93. The largest absolute Gasteiger partial charge is 0.870 e. The molecule has 1 N–H and O–H groups in total. The molecule has 0 radical (unpaired) electrons. The fraction of sp³-hybridized carbons (Fsp3) is 0. The van der Waals surface area contributed by atoms with E-state index >= 15 is 0 Å². The topological polar surface area (TPSA) is 30.0 Å². The van der Waals surface area contributed by atoms with E-state index in [1.54, 1.807) is 0 Å². The molecule has 0 saturated heterocycles. The molecule has 0 aliphatic carbocycles. The van der Waals surface area contributed by atoms with E-state index in [0.29, 0.717) is 0 Å². The molecule has 0 heterocycles. The minimum Gasteiger partial charge on any atom is -0.870 e. The average Bonchev–Trinajstić information content (AvgIpc) is 0. The summed E-state index contributed by atoms with van der Waals surface area (Å²) in [6.07, 6.45) is 0. The van der Waals surface area contributed by atoms with Crippen LogP contribution >= 0.6 is 0 Å². The van der Waals surface area contributed by atoms with Crippen molar-refractivity contribution in [2.24, 2.45) is 0 Å². The second kappa shape index (κ2) is 19.4. The van der Waals surface area contributed by atoms with Gasteiger partial charge in [-0.1, -0.05) is 0 Å². The van der Waals surface area contributed by atoms with Crippen LogP contribution in [-0.2, 0) is 42.1 Å². The van der Waals surface area contributed by atoms with Crippen molar-refractivity contribution in [3.05, 3.63) is 0 Å². The smallest absolute Gasteiger partial charge is 0 e. The van der Waals surface area contributed by atoms with E-state index in [1.807, 2.05) is 0 Å². The zero-order chi connectivity index (χ0) is 0. The zero-order valence-corrected chi connectivity index (χ0v) is 9.20. The summed E-state index contributed by atoms with van der Waals surface area (Å²) in [7, 11) is 0. The Morgan fingerprint density at radius 3 is 1.00 bits per heavy atom. The van der Waals surface area contributed by atoms with E-state index in [4.69, 9.17) is 0 Å². The Hall–Kier alpha value is 2.10. The van der Waals surface area contributed by atoms with Gasteiger partial charge in [-0.15, -0.1) is 0 Å². The minimum absolute atomic E-state index is 0. The molecule has 1 nitrogen and oxygen atoms in total. The van der Waals surface area contributed by atoms with Crippen molar-refractivity contribution >= 4 is 23.1 Å². The van der Waals surface area contributed by atoms with Crippen LogP contribution < -0.4 is 0 Å². The van der Waals surface area contributed by atoms with Gasteiger partial charge in [-0.3, -0.25) is 0 Å². The first kappa shape index (κ1) is 35.9. The molecule has 0 amide bonds. The molecule has 22 valence electrons. The van der Waals surface area contributed by atoms with Gasteiger partial charge in [0.25, 0.3) is 0 Å². The third-order valence-corrected chi connectivity index (χ3v) is 0. The minimum atomic E-state index is 0. The molecule has 0 spiro atoms. The summed E-state index contributed by atoms with van der Waals surface area (Å²) in [6.45, 7) is 0. The van der Waals surface area contributed by atoms with Crippen molar-refractivity contribution in [3.8, 4) is 0 Å². The van der Waals surface area contributed by atoms with Crippen LogP contribution in [0.2, 0.25) is 0 Å². The fourth-order valence-corrected chi connectivity index (χ4v) is 0. The van der Waals surface area contributed by atoms with Crippen LogP contribution in [0, 0.1) is 0 Å². The zero-order valence-electron chi connectivity index (χ0n) is 2.26. The summed E-state index contributed by atoms with van der Waals surface area (Å²) in [5.41, 5.74) is 0. The predicted octanol–water partition coefficient (Wildman–Crippen LogP) is -0.830. The Morgan fingerprint density at radius 2 is 1.00 bits per heavy atom. The molecule has 0 aromatic heterocycles. The number of hydrogen-bond donors (Lipinski definition) is 0. The number of hydrogen-bond acceptors (Lipinski definition) is 1. The molecule has 0 saturated carbocycles. The van der Waals surface area contributed by atoms with Gasteiger partial charge in [0.2, 0.25) is 0 Å². The second-order valence-corrected chi connectivity index (χ2v) is 0. The SMILES string of the molecule is [MgH+].[Mo].[OH-].[W]. The molecule has 0 aliphatic heterocycles. The summed E-state index contributed by atoms with van der Waals surface area (Å²) in [6, 6.07) is 0. The van der Waals surface area contributed by atoms with Gasteiger partial charge in [0.05, 0.1) is 0 Å². The average molecular weight is 322 g/mol. The van der Waals surface area contributed by atoms with Gasteiger partial charge in [0.1, 0.15) is 0 Å². The third-order valence-electron chi connectivity index (χ3n) is 0. The van der Waals surface area contributed by atoms with Crippen LogP contribution in [0.4, 0.5) is 0 Å². The maximum Gasteiger partial charge on any atom is 0 e. The molecule has 0 rings (SSSR count). The van der Waals surface area contributed by atoms with Crippen LogP contribution in [0.15, 0.2) is 0 Å². The van der Waals surface area contributed by atoms with Crippen LogP contribution in [-0.4, -0.2) is 28.5 Å². The summed E-state index contributed by atoms with van der Waals surface area (Å²) in [5, 5.41) is 0. The molecular formula is H2MgMoOW. The summed E-state index contributed by atoms with van der Waals surface area (Å²) >= 11 is 0. The van der Waals surface area contributed by atoms with Crippen LogP contribution in [0.25, 0.3) is 0 Å². The maximum atomic E-state index is 0. The molecule has 0 aromatic rings. The maximum absolute atomic E-state index is 0. The van der Waals surface area contributed by atoms with Crippen molar-refractivity contribution in [1.82, 2.24) is 0 Å². The summed E-state index contributed by atoms with van der Waals surface area (Å²) < 4.78 is 0. The van der Waals surface area contributed by atoms with E-state index in [-0.39, 0.29) is 70.7 Å².